The number of benzene rings is 2. The molecular weight excluding hydrogens is 322 g/mol. The predicted molar refractivity (Wildman–Crippen MR) is 105 cm³/mol. The van der Waals surface area contributed by atoms with Gasteiger partial charge in [0.2, 0.25) is 0 Å². The fourth-order valence-electron chi connectivity index (χ4n) is 3.37. The number of rotatable bonds is 8. The first-order valence-corrected chi connectivity index (χ1v) is 9.15. The van der Waals surface area contributed by atoms with Crippen LogP contribution in [0.1, 0.15) is 34.1 Å². The van der Waals surface area contributed by atoms with E-state index in [1.54, 1.807) is 0 Å². The quantitative estimate of drug-likeness (QED) is 0.654. The third-order valence-electron chi connectivity index (χ3n) is 4.85. The lowest BCUT2D eigenvalue weighted by molar-refractivity contribution is 0.267. The van der Waals surface area contributed by atoms with Crippen LogP contribution in [0.2, 0.25) is 0 Å². The molecule has 3 aromatic rings. The number of aromatic nitrogens is 2. The van der Waals surface area contributed by atoms with E-state index in [-0.39, 0.29) is 12.6 Å². The summed E-state index contributed by atoms with van der Waals surface area (Å²) in [5.74, 6) is 0. The molecule has 1 aromatic heterocycles. The number of aliphatic hydroxyl groups excluding tert-OH is 1. The van der Waals surface area contributed by atoms with E-state index in [9.17, 15) is 5.11 Å². The zero-order valence-corrected chi connectivity index (χ0v) is 15.5. The molecule has 0 aliphatic carbocycles. The average molecular weight is 349 g/mol. The zero-order valence-electron chi connectivity index (χ0n) is 15.5. The maximum atomic E-state index is 9.20. The molecule has 136 valence electrons. The Balaban J connectivity index is 1.78. The average Bonchev–Trinajstić information content (AvgIpc) is 2.94. The first kappa shape index (κ1) is 18.4. The smallest absolute Gasteiger partial charge is 0.0644 e. The summed E-state index contributed by atoms with van der Waals surface area (Å²) in [4.78, 5) is 0. The van der Waals surface area contributed by atoms with Crippen LogP contribution in [-0.4, -0.2) is 21.5 Å². The van der Waals surface area contributed by atoms with Gasteiger partial charge in [-0.25, -0.2) is 0 Å². The normalized spacial score (nSPS) is 12.3. The minimum Gasteiger partial charge on any atom is -0.394 e. The summed E-state index contributed by atoms with van der Waals surface area (Å²) >= 11 is 0. The molecule has 0 aliphatic heterocycles. The Hall–Kier alpha value is -2.43. The maximum absolute atomic E-state index is 9.20. The molecule has 2 N–H and O–H groups in total. The summed E-state index contributed by atoms with van der Waals surface area (Å²) < 4.78 is 1.89. The van der Waals surface area contributed by atoms with Gasteiger partial charge in [0, 0.05) is 23.8 Å². The van der Waals surface area contributed by atoms with Crippen LogP contribution in [0.25, 0.3) is 0 Å². The molecule has 3 rings (SSSR count). The number of aryl methyl sites for hydroxylation is 1. The van der Waals surface area contributed by atoms with Crippen LogP contribution in [0.15, 0.2) is 60.7 Å². The molecule has 26 heavy (non-hydrogen) atoms. The lowest BCUT2D eigenvalue weighted by Crippen LogP contribution is -2.23. The highest BCUT2D eigenvalue weighted by Gasteiger charge is 2.15. The molecule has 0 spiro atoms. The van der Waals surface area contributed by atoms with Crippen molar-refractivity contribution in [2.75, 3.05) is 6.61 Å². The standard InChI is InChI=1S/C22H27N3O/c1-17-21(18(2)25(24-17)13-14-26)16-23-22(20-11-7-4-8-12-20)15-19-9-5-3-6-10-19/h3-12,22-23,26H,13-16H2,1-2H3. The molecule has 0 amide bonds. The van der Waals surface area contributed by atoms with Crippen molar-refractivity contribution < 1.29 is 5.11 Å². The summed E-state index contributed by atoms with van der Waals surface area (Å²) in [5, 5.41) is 17.5. The molecule has 0 radical (unpaired) electrons. The maximum Gasteiger partial charge on any atom is 0.0644 e. The second-order valence-electron chi connectivity index (χ2n) is 6.63. The predicted octanol–water partition coefficient (Wildman–Crippen LogP) is 3.57. The van der Waals surface area contributed by atoms with Gasteiger partial charge in [-0.2, -0.15) is 5.10 Å². The summed E-state index contributed by atoms with van der Waals surface area (Å²) in [6.45, 7) is 5.51. The van der Waals surface area contributed by atoms with Gasteiger partial charge in [0.05, 0.1) is 18.8 Å². The van der Waals surface area contributed by atoms with Crippen LogP contribution >= 0.6 is 0 Å². The Morgan fingerprint density at radius 1 is 1.00 bits per heavy atom. The molecule has 0 aliphatic rings. The van der Waals surface area contributed by atoms with Crippen molar-refractivity contribution in [1.29, 1.82) is 0 Å². The molecular formula is C22H27N3O. The van der Waals surface area contributed by atoms with Gasteiger partial charge < -0.3 is 10.4 Å². The Kier molecular flexibility index (Phi) is 6.21. The van der Waals surface area contributed by atoms with Gasteiger partial charge in [0.25, 0.3) is 0 Å². The number of hydrogen-bond donors (Lipinski definition) is 2. The minimum atomic E-state index is 0.107. The molecule has 0 bridgehead atoms. The molecule has 4 nitrogen and oxygen atoms in total. The van der Waals surface area contributed by atoms with Gasteiger partial charge in [-0.15, -0.1) is 0 Å². The van der Waals surface area contributed by atoms with E-state index in [4.69, 9.17) is 0 Å². The van der Waals surface area contributed by atoms with E-state index in [2.05, 4.69) is 78.0 Å². The van der Waals surface area contributed by atoms with E-state index >= 15 is 0 Å². The van der Waals surface area contributed by atoms with E-state index in [0.717, 1.165) is 24.4 Å². The summed E-state index contributed by atoms with van der Waals surface area (Å²) in [7, 11) is 0. The second-order valence-corrected chi connectivity index (χ2v) is 6.63. The van der Waals surface area contributed by atoms with Crippen LogP contribution in [0.4, 0.5) is 0 Å². The summed E-state index contributed by atoms with van der Waals surface area (Å²) in [6.07, 6.45) is 0.938. The number of hydrogen-bond acceptors (Lipinski definition) is 3. The fourth-order valence-corrected chi connectivity index (χ4v) is 3.37. The topological polar surface area (TPSA) is 50.1 Å². The van der Waals surface area contributed by atoms with Crippen molar-refractivity contribution in [3.63, 3.8) is 0 Å². The van der Waals surface area contributed by atoms with Gasteiger partial charge in [-0.05, 0) is 31.4 Å². The molecule has 0 saturated carbocycles. The number of nitrogens with one attached hydrogen (secondary N) is 1. The lowest BCUT2D eigenvalue weighted by atomic mass is 9.98. The van der Waals surface area contributed by atoms with Crippen molar-refractivity contribution in [3.8, 4) is 0 Å². The zero-order chi connectivity index (χ0) is 18.4. The summed E-state index contributed by atoms with van der Waals surface area (Å²) in [5.41, 5.74) is 5.96. The molecule has 4 heteroatoms. The SMILES string of the molecule is Cc1nn(CCO)c(C)c1CNC(Cc1ccccc1)c1ccccc1. The lowest BCUT2D eigenvalue weighted by Gasteiger charge is -2.20. The van der Waals surface area contributed by atoms with Crippen LogP contribution < -0.4 is 5.32 Å². The van der Waals surface area contributed by atoms with Crippen molar-refractivity contribution in [1.82, 2.24) is 15.1 Å². The number of nitrogens with zero attached hydrogens (tertiary/aromatic N) is 2. The Morgan fingerprint density at radius 2 is 1.65 bits per heavy atom. The Bertz CT molecular complexity index is 812. The van der Waals surface area contributed by atoms with Crippen LogP contribution in [-0.2, 0) is 19.5 Å². The third-order valence-corrected chi connectivity index (χ3v) is 4.85. The van der Waals surface area contributed by atoms with E-state index in [0.29, 0.717) is 6.54 Å². The molecule has 2 aromatic carbocycles. The molecule has 1 heterocycles. The van der Waals surface area contributed by atoms with Gasteiger partial charge in [0.15, 0.2) is 0 Å². The highest BCUT2D eigenvalue weighted by atomic mass is 16.3. The highest BCUT2D eigenvalue weighted by molar-refractivity contribution is 5.27. The molecule has 1 atom stereocenters. The van der Waals surface area contributed by atoms with Crippen molar-refractivity contribution in [2.24, 2.45) is 0 Å². The second kappa shape index (κ2) is 8.79. The van der Waals surface area contributed by atoms with Crippen molar-refractivity contribution >= 4 is 0 Å². The van der Waals surface area contributed by atoms with Gasteiger partial charge >= 0.3 is 0 Å². The third kappa shape index (κ3) is 4.40. The monoisotopic (exact) mass is 349 g/mol. The van der Waals surface area contributed by atoms with Gasteiger partial charge in [-0.3, -0.25) is 4.68 Å². The number of aliphatic hydroxyl groups is 1. The summed E-state index contributed by atoms with van der Waals surface area (Å²) in [6, 6.07) is 21.4. The van der Waals surface area contributed by atoms with E-state index in [1.807, 2.05) is 11.6 Å². The molecule has 0 fully saturated rings. The molecule has 1 unspecified atom stereocenters. The van der Waals surface area contributed by atoms with Crippen LogP contribution in [0.3, 0.4) is 0 Å². The highest BCUT2D eigenvalue weighted by Crippen LogP contribution is 2.20. The van der Waals surface area contributed by atoms with Gasteiger partial charge in [0.1, 0.15) is 0 Å². The largest absolute Gasteiger partial charge is 0.394 e. The van der Waals surface area contributed by atoms with Crippen molar-refractivity contribution in [2.45, 2.75) is 39.4 Å². The minimum absolute atomic E-state index is 0.107. The first-order chi connectivity index (χ1) is 12.7. The van der Waals surface area contributed by atoms with Crippen LogP contribution in [0, 0.1) is 13.8 Å². The van der Waals surface area contributed by atoms with Crippen molar-refractivity contribution in [3.05, 3.63) is 88.7 Å². The van der Waals surface area contributed by atoms with Gasteiger partial charge in [-0.1, -0.05) is 60.7 Å². The van der Waals surface area contributed by atoms with E-state index < -0.39 is 0 Å². The van der Waals surface area contributed by atoms with Crippen LogP contribution in [0.5, 0.6) is 0 Å². The van der Waals surface area contributed by atoms with E-state index in [1.165, 1.54) is 16.7 Å². The Morgan fingerprint density at radius 3 is 2.31 bits per heavy atom. The molecule has 0 saturated heterocycles. The Labute approximate surface area is 155 Å². The fraction of sp³-hybridized carbons (Fsp3) is 0.318. The first-order valence-electron chi connectivity index (χ1n) is 9.15.